The molecule has 0 radical (unpaired) electrons. The first-order chi connectivity index (χ1) is 15.3. The second-order valence-electron chi connectivity index (χ2n) is 8.03. The molecule has 3 rings (SSSR count). The predicted octanol–water partition coefficient (Wildman–Crippen LogP) is 7.25. The molecular weight excluding hydrogens is 415 g/mol. The van der Waals surface area contributed by atoms with Gasteiger partial charge in [-0.15, -0.1) is 0 Å². The summed E-state index contributed by atoms with van der Waals surface area (Å²) in [7, 11) is 0. The molecule has 0 aliphatic rings. The smallest absolute Gasteiger partial charge is 0.416 e. The van der Waals surface area contributed by atoms with Crippen LogP contribution in [0.4, 0.5) is 13.2 Å². The zero-order chi connectivity index (χ0) is 23.1. The van der Waals surface area contributed by atoms with Crippen LogP contribution in [0.15, 0.2) is 60.7 Å². The van der Waals surface area contributed by atoms with Gasteiger partial charge in [0, 0.05) is 17.4 Å². The summed E-state index contributed by atoms with van der Waals surface area (Å²) in [6.07, 6.45) is -1.99. The fourth-order valence-corrected chi connectivity index (χ4v) is 3.55. The zero-order valence-corrected chi connectivity index (χ0v) is 18.3. The van der Waals surface area contributed by atoms with E-state index in [1.165, 1.54) is 12.1 Å². The molecule has 1 N–H and O–H groups in total. The summed E-state index contributed by atoms with van der Waals surface area (Å²) in [6, 6.07) is 15.5. The number of rotatable bonds is 10. The molecule has 0 saturated carbocycles. The first-order valence-electron chi connectivity index (χ1n) is 10.9. The van der Waals surface area contributed by atoms with Crippen LogP contribution in [0.1, 0.15) is 49.0 Å². The number of fused-ring (bicyclic) bond motifs is 1. The van der Waals surface area contributed by atoms with Crippen molar-refractivity contribution >= 4 is 16.6 Å². The molecule has 170 valence electrons. The number of halogens is 3. The number of ketones is 1. The zero-order valence-electron chi connectivity index (χ0n) is 18.3. The molecule has 0 bridgehead atoms. The first-order valence-corrected chi connectivity index (χ1v) is 10.9. The van der Waals surface area contributed by atoms with Gasteiger partial charge >= 0.3 is 6.18 Å². The molecule has 32 heavy (non-hydrogen) atoms. The third kappa shape index (κ3) is 6.33. The monoisotopic (exact) mass is 443 g/mol. The largest absolute Gasteiger partial charge is 0.457 e. The topological polar surface area (TPSA) is 38.3 Å². The van der Waals surface area contributed by atoms with Crippen LogP contribution in [0.25, 0.3) is 10.8 Å². The van der Waals surface area contributed by atoms with Gasteiger partial charge in [-0.25, -0.2) is 0 Å². The molecular formula is C26H28F3NO2. The molecule has 1 atom stereocenters. The van der Waals surface area contributed by atoms with Crippen molar-refractivity contribution in [1.82, 2.24) is 5.32 Å². The van der Waals surface area contributed by atoms with Gasteiger partial charge in [-0.1, -0.05) is 32.0 Å². The van der Waals surface area contributed by atoms with Gasteiger partial charge in [0.15, 0.2) is 5.78 Å². The van der Waals surface area contributed by atoms with E-state index in [1.807, 2.05) is 18.2 Å². The first kappa shape index (κ1) is 23.8. The fraction of sp³-hybridized carbons (Fsp3) is 0.346. The number of benzene rings is 3. The van der Waals surface area contributed by atoms with Gasteiger partial charge in [-0.05, 0) is 79.7 Å². The van der Waals surface area contributed by atoms with E-state index in [4.69, 9.17) is 4.74 Å². The van der Waals surface area contributed by atoms with Gasteiger partial charge in [-0.3, -0.25) is 4.79 Å². The summed E-state index contributed by atoms with van der Waals surface area (Å²) >= 11 is 0. The van der Waals surface area contributed by atoms with Crippen LogP contribution >= 0.6 is 0 Å². The summed E-state index contributed by atoms with van der Waals surface area (Å²) in [5.74, 6) is 1.42. The van der Waals surface area contributed by atoms with Crippen molar-refractivity contribution in [3.05, 3.63) is 71.8 Å². The highest BCUT2D eigenvalue weighted by Crippen LogP contribution is 2.34. The van der Waals surface area contributed by atoms with Gasteiger partial charge in [-0.2, -0.15) is 13.2 Å². The summed E-state index contributed by atoms with van der Waals surface area (Å²) < 4.78 is 44.1. The Bertz CT molecular complexity index is 1050. The van der Waals surface area contributed by atoms with Gasteiger partial charge in [0.05, 0.1) is 5.56 Å². The lowest BCUT2D eigenvalue weighted by molar-refractivity contribution is -0.137. The molecule has 0 saturated heterocycles. The van der Waals surface area contributed by atoms with E-state index in [0.29, 0.717) is 29.4 Å². The Kier molecular flexibility index (Phi) is 7.91. The van der Waals surface area contributed by atoms with Crippen molar-refractivity contribution in [2.24, 2.45) is 5.92 Å². The number of carbonyl (C=O) groups is 1. The van der Waals surface area contributed by atoms with Gasteiger partial charge in [0.2, 0.25) is 0 Å². The second-order valence-corrected chi connectivity index (χ2v) is 8.03. The van der Waals surface area contributed by atoms with E-state index in [-0.39, 0.29) is 5.78 Å². The molecule has 0 aliphatic carbocycles. The predicted molar refractivity (Wildman–Crippen MR) is 121 cm³/mol. The average Bonchev–Trinajstić information content (AvgIpc) is 2.77. The summed E-state index contributed by atoms with van der Waals surface area (Å²) in [5, 5.41) is 4.95. The Morgan fingerprint density at radius 1 is 1.03 bits per heavy atom. The molecule has 0 fully saturated rings. The fourth-order valence-electron chi connectivity index (χ4n) is 3.55. The van der Waals surface area contributed by atoms with Gasteiger partial charge < -0.3 is 10.1 Å². The van der Waals surface area contributed by atoms with E-state index in [2.05, 4.69) is 19.2 Å². The number of Topliss-reactive ketones (excluding diaryl/α,β-unsaturated/α-hetero) is 1. The molecule has 0 unspecified atom stereocenters. The maximum atomic E-state index is 12.8. The number of hydrogen-bond acceptors (Lipinski definition) is 3. The Balaban J connectivity index is 1.69. The van der Waals surface area contributed by atoms with Gasteiger partial charge in [0.25, 0.3) is 0 Å². The highest BCUT2D eigenvalue weighted by molar-refractivity contribution is 6.01. The molecule has 3 aromatic carbocycles. The summed E-state index contributed by atoms with van der Waals surface area (Å²) in [4.78, 5) is 12.7. The number of ether oxygens (including phenoxy) is 1. The van der Waals surface area contributed by atoms with Crippen molar-refractivity contribution in [1.29, 1.82) is 0 Å². The van der Waals surface area contributed by atoms with E-state index < -0.39 is 11.7 Å². The number of nitrogens with one attached hydrogen (secondary N) is 1. The Labute approximate surface area is 186 Å². The maximum Gasteiger partial charge on any atom is 0.416 e. The molecule has 3 nitrogen and oxygen atoms in total. The molecule has 0 aromatic heterocycles. The standard InChI is InChI=1S/C26H28F3NO2/c1-3-30-16-15-18(2)7-14-24(31)20-8-13-23-19(17-20)5-4-6-25(23)32-22-11-9-21(10-12-22)26(27,28)29/h4-6,8-13,17-18,30H,3,7,14-16H2,1-2H3/t18-/m0/s1. The summed E-state index contributed by atoms with van der Waals surface area (Å²) in [5.41, 5.74) is -0.0649. The van der Waals surface area contributed by atoms with E-state index >= 15 is 0 Å². The number of alkyl halides is 3. The van der Waals surface area contributed by atoms with Crippen molar-refractivity contribution in [2.75, 3.05) is 13.1 Å². The van der Waals surface area contributed by atoms with Crippen LogP contribution in [0.5, 0.6) is 11.5 Å². The van der Waals surface area contributed by atoms with Crippen LogP contribution in [0.2, 0.25) is 0 Å². The van der Waals surface area contributed by atoms with Crippen LogP contribution in [-0.4, -0.2) is 18.9 Å². The lowest BCUT2D eigenvalue weighted by Gasteiger charge is -2.12. The third-order valence-corrected chi connectivity index (χ3v) is 5.50. The summed E-state index contributed by atoms with van der Waals surface area (Å²) in [6.45, 7) is 6.15. The van der Waals surface area contributed by atoms with Crippen LogP contribution < -0.4 is 10.1 Å². The van der Waals surface area contributed by atoms with E-state index in [1.54, 1.807) is 18.2 Å². The molecule has 0 heterocycles. The molecule has 0 aliphatic heterocycles. The van der Waals surface area contributed by atoms with Crippen molar-refractivity contribution in [2.45, 2.75) is 39.3 Å². The molecule has 6 heteroatoms. The highest BCUT2D eigenvalue weighted by Gasteiger charge is 2.30. The Morgan fingerprint density at radius 2 is 1.78 bits per heavy atom. The lowest BCUT2D eigenvalue weighted by atomic mass is 9.96. The van der Waals surface area contributed by atoms with Crippen molar-refractivity contribution in [3.63, 3.8) is 0 Å². The third-order valence-electron chi connectivity index (χ3n) is 5.50. The minimum atomic E-state index is -4.38. The van der Waals surface area contributed by atoms with Crippen LogP contribution in [0, 0.1) is 5.92 Å². The van der Waals surface area contributed by atoms with Gasteiger partial charge in [0.1, 0.15) is 11.5 Å². The highest BCUT2D eigenvalue weighted by atomic mass is 19.4. The molecule has 3 aromatic rings. The van der Waals surface area contributed by atoms with Crippen LogP contribution in [0.3, 0.4) is 0 Å². The molecule has 0 amide bonds. The minimum Gasteiger partial charge on any atom is -0.457 e. The second kappa shape index (κ2) is 10.6. The number of hydrogen-bond donors (Lipinski definition) is 1. The van der Waals surface area contributed by atoms with Crippen LogP contribution in [-0.2, 0) is 6.18 Å². The quantitative estimate of drug-likeness (QED) is 0.265. The van der Waals surface area contributed by atoms with E-state index in [9.17, 15) is 18.0 Å². The molecule has 0 spiro atoms. The minimum absolute atomic E-state index is 0.108. The normalized spacial score (nSPS) is 12.7. The maximum absolute atomic E-state index is 12.8. The Morgan fingerprint density at radius 3 is 2.47 bits per heavy atom. The Hall–Kier alpha value is -2.86. The van der Waals surface area contributed by atoms with Crippen molar-refractivity contribution in [3.8, 4) is 11.5 Å². The number of carbonyl (C=O) groups excluding carboxylic acids is 1. The van der Waals surface area contributed by atoms with E-state index in [0.717, 1.165) is 48.8 Å². The average molecular weight is 444 g/mol. The lowest BCUT2D eigenvalue weighted by Crippen LogP contribution is -2.16. The SMILES string of the molecule is CCNCC[C@@H](C)CCC(=O)c1ccc2c(Oc3ccc(C(F)(F)F)cc3)cccc2c1. The van der Waals surface area contributed by atoms with Crippen molar-refractivity contribution < 1.29 is 22.7 Å².